The number of hydrogen-bond donors (Lipinski definition) is 2. The van der Waals surface area contributed by atoms with Gasteiger partial charge in [0.05, 0.1) is 19.8 Å². The van der Waals surface area contributed by atoms with Crippen molar-refractivity contribution < 1.29 is 19.4 Å². The number of carbonyl (C=O) groups is 1. The van der Waals surface area contributed by atoms with Gasteiger partial charge in [0.2, 0.25) is 0 Å². The summed E-state index contributed by atoms with van der Waals surface area (Å²) < 4.78 is 10.8. The van der Waals surface area contributed by atoms with Crippen LogP contribution in [0.2, 0.25) is 0 Å². The summed E-state index contributed by atoms with van der Waals surface area (Å²) in [7, 11) is 0. The topological polar surface area (TPSA) is 67.8 Å². The number of likely N-dealkylation sites (N-methyl/N-ethyl adjacent to an activating group) is 1. The van der Waals surface area contributed by atoms with E-state index in [1.165, 1.54) is 0 Å². The predicted octanol–water partition coefficient (Wildman–Crippen LogP) is 1.88. The Bertz CT molecular complexity index is 432. The minimum atomic E-state index is -0.740. The number of carbonyl (C=O) groups excluding carboxylic acids is 1. The van der Waals surface area contributed by atoms with Gasteiger partial charge in [-0.15, -0.1) is 0 Å². The standard InChI is InChI=1S/C16H25NO4/c1-4-17-16(3,15(19)20-5-2)10-11-21-14-8-6-13(12-18)7-9-14/h6-9,17-18H,4-5,10-12H2,1-3H3. The zero-order chi connectivity index (χ0) is 15.7. The van der Waals surface area contributed by atoms with Crippen molar-refractivity contribution in [3.05, 3.63) is 29.8 Å². The van der Waals surface area contributed by atoms with E-state index in [0.717, 1.165) is 11.3 Å². The third-order valence-electron chi connectivity index (χ3n) is 3.27. The van der Waals surface area contributed by atoms with Crippen molar-refractivity contribution >= 4 is 5.97 Å². The second kappa shape index (κ2) is 8.64. The summed E-state index contributed by atoms with van der Waals surface area (Å²) >= 11 is 0. The first-order chi connectivity index (χ1) is 10.1. The molecular formula is C16H25NO4. The molecule has 118 valence electrons. The van der Waals surface area contributed by atoms with Gasteiger partial charge in [0.15, 0.2) is 0 Å². The zero-order valence-electron chi connectivity index (χ0n) is 13.0. The molecule has 0 bridgehead atoms. The molecule has 0 aliphatic carbocycles. The molecule has 0 saturated carbocycles. The van der Waals surface area contributed by atoms with Crippen LogP contribution in [0.25, 0.3) is 0 Å². The average molecular weight is 295 g/mol. The van der Waals surface area contributed by atoms with Crippen molar-refractivity contribution in [2.75, 3.05) is 19.8 Å². The Morgan fingerprint density at radius 3 is 2.48 bits per heavy atom. The number of hydrogen-bond acceptors (Lipinski definition) is 5. The molecule has 1 atom stereocenters. The first-order valence-electron chi connectivity index (χ1n) is 7.30. The van der Waals surface area contributed by atoms with Gasteiger partial charge in [-0.05, 0) is 38.1 Å². The van der Waals surface area contributed by atoms with E-state index in [0.29, 0.717) is 26.2 Å². The van der Waals surface area contributed by atoms with Crippen molar-refractivity contribution in [2.45, 2.75) is 39.3 Å². The Hall–Kier alpha value is -1.59. The average Bonchev–Trinajstić information content (AvgIpc) is 2.48. The molecule has 21 heavy (non-hydrogen) atoms. The Balaban J connectivity index is 2.54. The second-order valence-electron chi connectivity index (χ2n) is 4.98. The van der Waals surface area contributed by atoms with Crippen LogP contribution in [0.15, 0.2) is 24.3 Å². The van der Waals surface area contributed by atoms with E-state index in [1.54, 1.807) is 19.1 Å². The summed E-state index contributed by atoms with van der Waals surface area (Å²) in [6.07, 6.45) is 0.515. The van der Waals surface area contributed by atoms with Crippen molar-refractivity contribution in [2.24, 2.45) is 0 Å². The van der Waals surface area contributed by atoms with Gasteiger partial charge in [0, 0.05) is 6.42 Å². The quantitative estimate of drug-likeness (QED) is 0.681. The molecule has 1 aromatic carbocycles. The highest BCUT2D eigenvalue weighted by Gasteiger charge is 2.33. The molecule has 1 rings (SSSR count). The lowest BCUT2D eigenvalue weighted by molar-refractivity contribution is -0.151. The highest BCUT2D eigenvalue weighted by Crippen LogP contribution is 2.16. The van der Waals surface area contributed by atoms with Crippen LogP contribution in [0.5, 0.6) is 5.75 Å². The van der Waals surface area contributed by atoms with Crippen LogP contribution in [0.4, 0.5) is 0 Å². The minimum Gasteiger partial charge on any atom is -0.494 e. The van der Waals surface area contributed by atoms with Crippen LogP contribution >= 0.6 is 0 Å². The molecule has 1 aromatic rings. The fourth-order valence-corrected chi connectivity index (χ4v) is 2.01. The smallest absolute Gasteiger partial charge is 0.326 e. The van der Waals surface area contributed by atoms with Crippen LogP contribution in [0, 0.1) is 0 Å². The van der Waals surface area contributed by atoms with Crippen molar-refractivity contribution in [1.82, 2.24) is 5.32 Å². The maximum atomic E-state index is 12.0. The van der Waals surface area contributed by atoms with E-state index in [4.69, 9.17) is 14.6 Å². The van der Waals surface area contributed by atoms with Gasteiger partial charge in [-0.3, -0.25) is 4.79 Å². The van der Waals surface area contributed by atoms with E-state index in [9.17, 15) is 4.79 Å². The Morgan fingerprint density at radius 1 is 1.29 bits per heavy atom. The number of esters is 1. The fourth-order valence-electron chi connectivity index (χ4n) is 2.01. The van der Waals surface area contributed by atoms with E-state index in [2.05, 4.69) is 5.32 Å². The lowest BCUT2D eigenvalue weighted by atomic mass is 9.98. The van der Waals surface area contributed by atoms with Crippen molar-refractivity contribution in [3.8, 4) is 5.75 Å². The number of aliphatic hydroxyl groups excluding tert-OH is 1. The summed E-state index contributed by atoms with van der Waals surface area (Å²) in [5.74, 6) is 0.459. The van der Waals surface area contributed by atoms with Crippen LogP contribution in [0.3, 0.4) is 0 Å². The van der Waals surface area contributed by atoms with Gasteiger partial charge in [0.1, 0.15) is 11.3 Å². The SMILES string of the molecule is CCNC(C)(CCOc1ccc(CO)cc1)C(=O)OCC. The van der Waals surface area contributed by atoms with E-state index in [-0.39, 0.29) is 12.6 Å². The first-order valence-corrected chi connectivity index (χ1v) is 7.30. The molecule has 0 spiro atoms. The molecule has 0 saturated heterocycles. The van der Waals surface area contributed by atoms with E-state index in [1.807, 2.05) is 26.0 Å². The van der Waals surface area contributed by atoms with Crippen molar-refractivity contribution in [1.29, 1.82) is 0 Å². The molecule has 0 aromatic heterocycles. The molecule has 5 heteroatoms. The van der Waals surface area contributed by atoms with Gasteiger partial charge < -0.3 is 19.9 Å². The van der Waals surface area contributed by atoms with Gasteiger partial charge in [0.25, 0.3) is 0 Å². The Kier molecular flexibility index (Phi) is 7.19. The number of rotatable bonds is 9. The van der Waals surface area contributed by atoms with E-state index < -0.39 is 5.54 Å². The highest BCUT2D eigenvalue weighted by molar-refractivity contribution is 5.80. The maximum absolute atomic E-state index is 12.0. The molecule has 2 N–H and O–H groups in total. The molecule has 0 radical (unpaired) electrons. The Morgan fingerprint density at radius 2 is 1.95 bits per heavy atom. The van der Waals surface area contributed by atoms with Crippen LogP contribution in [-0.2, 0) is 16.1 Å². The fraction of sp³-hybridized carbons (Fsp3) is 0.562. The van der Waals surface area contributed by atoms with Crippen LogP contribution in [-0.4, -0.2) is 36.4 Å². The lowest BCUT2D eigenvalue weighted by Crippen LogP contribution is -2.51. The summed E-state index contributed by atoms with van der Waals surface area (Å²) in [5.41, 5.74) is 0.0989. The van der Waals surface area contributed by atoms with Gasteiger partial charge in [-0.25, -0.2) is 0 Å². The van der Waals surface area contributed by atoms with E-state index >= 15 is 0 Å². The van der Waals surface area contributed by atoms with Crippen LogP contribution < -0.4 is 10.1 Å². The molecule has 0 amide bonds. The molecule has 0 aliphatic rings. The van der Waals surface area contributed by atoms with Gasteiger partial charge in [-0.2, -0.15) is 0 Å². The third-order valence-corrected chi connectivity index (χ3v) is 3.27. The Labute approximate surface area is 126 Å². The monoisotopic (exact) mass is 295 g/mol. The largest absolute Gasteiger partial charge is 0.494 e. The summed E-state index contributed by atoms with van der Waals surface area (Å²) in [6.45, 7) is 7.04. The molecule has 0 heterocycles. The maximum Gasteiger partial charge on any atom is 0.326 e. The summed E-state index contributed by atoms with van der Waals surface area (Å²) in [6, 6.07) is 7.23. The van der Waals surface area contributed by atoms with Crippen molar-refractivity contribution in [3.63, 3.8) is 0 Å². The predicted molar refractivity (Wildman–Crippen MR) is 81.2 cm³/mol. The lowest BCUT2D eigenvalue weighted by Gasteiger charge is -2.28. The molecule has 1 unspecified atom stereocenters. The van der Waals surface area contributed by atoms with Gasteiger partial charge >= 0.3 is 5.97 Å². The molecule has 5 nitrogen and oxygen atoms in total. The second-order valence-corrected chi connectivity index (χ2v) is 4.98. The number of benzene rings is 1. The normalized spacial score (nSPS) is 13.5. The zero-order valence-corrected chi connectivity index (χ0v) is 13.0. The number of nitrogens with one attached hydrogen (secondary N) is 1. The number of aliphatic hydroxyl groups is 1. The third kappa shape index (κ3) is 5.36. The minimum absolute atomic E-state index is 0.0155. The summed E-state index contributed by atoms with van der Waals surface area (Å²) in [4.78, 5) is 12.0. The number of ether oxygens (including phenoxy) is 2. The molecular weight excluding hydrogens is 270 g/mol. The highest BCUT2D eigenvalue weighted by atomic mass is 16.5. The first kappa shape index (κ1) is 17.5. The van der Waals surface area contributed by atoms with Crippen LogP contribution in [0.1, 0.15) is 32.8 Å². The van der Waals surface area contributed by atoms with Gasteiger partial charge in [-0.1, -0.05) is 19.1 Å². The summed E-state index contributed by atoms with van der Waals surface area (Å²) in [5, 5.41) is 12.1. The molecule has 0 aliphatic heterocycles. The molecule has 0 fully saturated rings.